The van der Waals surface area contributed by atoms with Gasteiger partial charge in [-0.3, -0.25) is 4.98 Å². The molecule has 4 nitrogen and oxygen atoms in total. The quantitative estimate of drug-likeness (QED) is 0.220. The van der Waals surface area contributed by atoms with Crippen molar-refractivity contribution >= 4 is 53.3 Å². The third-order valence-electron chi connectivity index (χ3n) is 7.14. The molecule has 8 aromatic rings. The Kier molecular flexibility index (Phi) is 4.96. The summed E-state index contributed by atoms with van der Waals surface area (Å²) in [5.41, 5.74) is 6.53. The number of benzene rings is 4. The van der Waals surface area contributed by atoms with E-state index in [2.05, 4.69) is 97.1 Å². The lowest BCUT2D eigenvalue weighted by atomic mass is 10.0. The van der Waals surface area contributed by atoms with E-state index >= 15 is 0 Å². The van der Waals surface area contributed by atoms with Crippen LogP contribution in [-0.4, -0.2) is 19.9 Å². The molecule has 0 aliphatic rings. The first kappa shape index (κ1) is 22.0. The molecule has 0 bridgehead atoms. The minimum Gasteiger partial charge on any atom is -0.255 e. The van der Waals surface area contributed by atoms with Crippen molar-refractivity contribution in [1.29, 1.82) is 0 Å². The summed E-state index contributed by atoms with van der Waals surface area (Å²) in [5.74, 6) is 0.679. The first-order valence-corrected chi connectivity index (χ1v) is 13.6. The molecule has 0 fully saturated rings. The summed E-state index contributed by atoms with van der Waals surface area (Å²) < 4.78 is 2.31. The maximum atomic E-state index is 5.13. The summed E-state index contributed by atoms with van der Waals surface area (Å²) in [4.78, 5) is 20.1. The number of aromatic nitrogens is 4. The minimum absolute atomic E-state index is 0.679. The molecule has 0 N–H and O–H groups in total. The molecule has 0 aliphatic heterocycles. The first-order valence-electron chi connectivity index (χ1n) is 12.8. The van der Waals surface area contributed by atoms with Crippen LogP contribution >= 0.6 is 11.3 Å². The van der Waals surface area contributed by atoms with Gasteiger partial charge in [-0.05, 0) is 29.7 Å². The van der Waals surface area contributed by atoms with Crippen molar-refractivity contribution in [3.8, 4) is 34.0 Å². The van der Waals surface area contributed by atoms with Gasteiger partial charge in [-0.15, -0.1) is 11.3 Å². The summed E-state index contributed by atoms with van der Waals surface area (Å²) in [6.45, 7) is 0. The number of pyridine rings is 2. The number of rotatable bonds is 3. The molecule has 4 heterocycles. The molecule has 5 heteroatoms. The van der Waals surface area contributed by atoms with Crippen molar-refractivity contribution in [3.05, 3.63) is 121 Å². The predicted octanol–water partition coefficient (Wildman–Crippen LogP) is 8.94. The van der Waals surface area contributed by atoms with Crippen molar-refractivity contribution in [2.24, 2.45) is 0 Å². The van der Waals surface area contributed by atoms with Crippen LogP contribution in [-0.2, 0) is 0 Å². The molecule has 4 aromatic heterocycles. The summed E-state index contributed by atoms with van der Waals surface area (Å²) in [5, 5.41) is 4.53. The van der Waals surface area contributed by atoms with Gasteiger partial charge in [0.2, 0.25) is 0 Å². The van der Waals surface area contributed by atoms with E-state index in [0.717, 1.165) is 60.1 Å². The second kappa shape index (κ2) is 8.79. The van der Waals surface area contributed by atoms with Crippen LogP contribution in [0.5, 0.6) is 0 Å². The Labute approximate surface area is 228 Å². The molecule has 0 amide bonds. The third-order valence-corrected chi connectivity index (χ3v) is 8.30. The molecular formula is C34H20N4S. The smallest absolute Gasteiger partial charge is 0.160 e. The van der Waals surface area contributed by atoms with Crippen molar-refractivity contribution < 1.29 is 0 Å². The normalized spacial score (nSPS) is 11.6. The van der Waals surface area contributed by atoms with Crippen molar-refractivity contribution in [2.45, 2.75) is 0 Å². The first-order chi connectivity index (χ1) is 19.3. The van der Waals surface area contributed by atoms with Gasteiger partial charge < -0.3 is 0 Å². The Balaban J connectivity index is 1.38. The van der Waals surface area contributed by atoms with Crippen LogP contribution < -0.4 is 0 Å². The summed E-state index contributed by atoms with van der Waals surface area (Å²) in [7, 11) is 0. The summed E-state index contributed by atoms with van der Waals surface area (Å²) >= 11 is 1.74. The van der Waals surface area contributed by atoms with Crippen LogP contribution in [0.1, 0.15) is 0 Å². The zero-order valence-corrected chi connectivity index (χ0v) is 21.6. The summed E-state index contributed by atoms with van der Waals surface area (Å²) in [6.07, 6.45) is 1.83. The molecule has 39 heavy (non-hydrogen) atoms. The van der Waals surface area contributed by atoms with Crippen molar-refractivity contribution in [1.82, 2.24) is 19.9 Å². The predicted molar refractivity (Wildman–Crippen MR) is 162 cm³/mol. The Hall–Kier alpha value is -5.00. The van der Waals surface area contributed by atoms with E-state index in [4.69, 9.17) is 19.9 Å². The van der Waals surface area contributed by atoms with Gasteiger partial charge in [-0.2, -0.15) is 0 Å². The van der Waals surface area contributed by atoms with E-state index in [9.17, 15) is 0 Å². The van der Waals surface area contributed by atoms with Crippen LogP contribution in [0.4, 0.5) is 0 Å². The fraction of sp³-hybridized carbons (Fsp3) is 0. The number of nitrogens with zero attached hydrogens (tertiary/aromatic N) is 4. The average molecular weight is 517 g/mol. The van der Waals surface area contributed by atoms with Crippen LogP contribution in [0.25, 0.3) is 76.0 Å². The highest BCUT2D eigenvalue weighted by Gasteiger charge is 2.18. The lowest BCUT2D eigenvalue weighted by Gasteiger charge is -2.11. The molecule has 182 valence electrons. The lowest BCUT2D eigenvalue weighted by Crippen LogP contribution is -1.96. The number of hydrogen-bond donors (Lipinski definition) is 0. The van der Waals surface area contributed by atoms with Gasteiger partial charge in [0.25, 0.3) is 0 Å². The molecule has 0 saturated heterocycles. The molecule has 0 saturated carbocycles. The molecule has 0 aliphatic carbocycles. The lowest BCUT2D eigenvalue weighted by molar-refractivity contribution is 1.22. The van der Waals surface area contributed by atoms with Crippen LogP contribution in [0, 0.1) is 0 Å². The highest BCUT2D eigenvalue weighted by molar-refractivity contribution is 7.26. The van der Waals surface area contributed by atoms with Gasteiger partial charge in [-0.1, -0.05) is 91.0 Å². The SMILES string of the molecule is c1ccc(-c2nc(-c3ccnc(-c4nc5ccccc5c5ccccc45)c3)nc3c2sc2ccccc23)cc1. The van der Waals surface area contributed by atoms with Gasteiger partial charge in [-0.25, -0.2) is 15.0 Å². The number of para-hydroxylation sites is 1. The van der Waals surface area contributed by atoms with E-state index < -0.39 is 0 Å². The molecule has 0 spiro atoms. The Morgan fingerprint density at radius 2 is 1.23 bits per heavy atom. The van der Waals surface area contributed by atoms with Crippen molar-refractivity contribution in [2.75, 3.05) is 0 Å². The van der Waals surface area contributed by atoms with Gasteiger partial charge in [0.05, 0.1) is 32.8 Å². The van der Waals surface area contributed by atoms with Crippen LogP contribution in [0.15, 0.2) is 121 Å². The molecule has 4 aromatic carbocycles. The highest BCUT2D eigenvalue weighted by atomic mass is 32.1. The van der Waals surface area contributed by atoms with E-state index in [1.165, 1.54) is 10.1 Å². The summed E-state index contributed by atoms with van der Waals surface area (Å²) in [6, 6.07) is 39.5. The second-order valence-electron chi connectivity index (χ2n) is 9.49. The Morgan fingerprint density at radius 3 is 2.10 bits per heavy atom. The number of fused-ring (bicyclic) bond motifs is 6. The molecular weight excluding hydrogens is 496 g/mol. The van der Waals surface area contributed by atoms with Crippen LogP contribution in [0.2, 0.25) is 0 Å². The Bertz CT molecular complexity index is 2180. The standard InChI is InChI=1S/C34H20N4S/c1-2-10-21(11-3-1)30-33-32(26-15-7-9-17-29(26)39-33)38-34(37-30)22-18-19-35-28(20-22)31-25-14-5-4-12-23(25)24-13-6-8-16-27(24)36-31/h1-20H. The molecule has 0 unspecified atom stereocenters. The third kappa shape index (κ3) is 3.59. The molecule has 0 atom stereocenters. The molecule has 8 rings (SSSR count). The zero-order valence-electron chi connectivity index (χ0n) is 20.7. The highest BCUT2D eigenvalue weighted by Crippen LogP contribution is 2.39. The molecule has 0 radical (unpaired) electrons. The maximum Gasteiger partial charge on any atom is 0.160 e. The Morgan fingerprint density at radius 1 is 0.513 bits per heavy atom. The van der Waals surface area contributed by atoms with E-state index in [1.807, 2.05) is 24.4 Å². The fourth-order valence-electron chi connectivity index (χ4n) is 5.31. The van der Waals surface area contributed by atoms with Gasteiger partial charge in [0.15, 0.2) is 5.82 Å². The van der Waals surface area contributed by atoms with E-state index in [1.54, 1.807) is 11.3 Å². The zero-order chi connectivity index (χ0) is 25.8. The minimum atomic E-state index is 0.679. The van der Waals surface area contributed by atoms with Gasteiger partial charge in [0.1, 0.15) is 0 Å². The van der Waals surface area contributed by atoms with E-state index in [0.29, 0.717) is 5.82 Å². The maximum absolute atomic E-state index is 5.13. The fourth-order valence-corrected chi connectivity index (χ4v) is 6.46. The monoisotopic (exact) mass is 516 g/mol. The largest absolute Gasteiger partial charge is 0.255 e. The number of thiophene rings is 1. The number of hydrogen-bond acceptors (Lipinski definition) is 5. The average Bonchev–Trinajstić information content (AvgIpc) is 3.39. The van der Waals surface area contributed by atoms with Crippen molar-refractivity contribution in [3.63, 3.8) is 0 Å². The van der Waals surface area contributed by atoms with E-state index in [-0.39, 0.29) is 0 Å². The van der Waals surface area contributed by atoms with Gasteiger partial charge >= 0.3 is 0 Å². The van der Waals surface area contributed by atoms with Crippen LogP contribution in [0.3, 0.4) is 0 Å². The topological polar surface area (TPSA) is 51.6 Å². The van der Waals surface area contributed by atoms with Gasteiger partial charge in [0, 0.05) is 38.2 Å². The second-order valence-corrected chi connectivity index (χ2v) is 10.5.